The topological polar surface area (TPSA) is 88.5 Å². The molecule has 0 radical (unpaired) electrons. The minimum atomic E-state index is -0.827. The number of aliphatic carboxylic acids is 1. The van der Waals surface area contributed by atoms with Gasteiger partial charge in [-0.3, -0.25) is 14.5 Å². The van der Waals surface area contributed by atoms with E-state index in [9.17, 15) is 14.7 Å². The number of hydrogen-bond acceptors (Lipinski definition) is 6. The van der Waals surface area contributed by atoms with Crippen LogP contribution in [0.15, 0.2) is 12.1 Å². The molecule has 0 unspecified atom stereocenters. The van der Waals surface area contributed by atoms with E-state index >= 15 is 0 Å². The van der Waals surface area contributed by atoms with Gasteiger partial charge in [0.15, 0.2) is 11.5 Å². The number of quaternary nitrogens is 1. The Hall–Kier alpha value is -2.52. The highest BCUT2D eigenvalue weighted by molar-refractivity contribution is 5.79. The molecule has 0 saturated carbocycles. The molecule has 1 fully saturated rings. The van der Waals surface area contributed by atoms with Crippen LogP contribution in [0.2, 0.25) is 0 Å². The Balaban J connectivity index is 1.90. The summed E-state index contributed by atoms with van der Waals surface area (Å²) < 4.78 is 17.8. The second kappa shape index (κ2) is 14.8. The molecule has 0 spiro atoms. The molecule has 1 aromatic rings. The summed E-state index contributed by atoms with van der Waals surface area (Å²) in [6.45, 7) is 12.1. The van der Waals surface area contributed by atoms with Crippen molar-refractivity contribution in [1.29, 1.82) is 0 Å². The Bertz CT molecular complexity index is 1050. The molecule has 1 N–H and O–H groups in total. The highest BCUT2D eigenvalue weighted by atomic mass is 16.7. The van der Waals surface area contributed by atoms with Gasteiger partial charge in [0, 0.05) is 31.6 Å². The first-order valence-electron chi connectivity index (χ1n) is 15.8. The molecule has 2 heterocycles. The Kier molecular flexibility index (Phi) is 12.0. The zero-order chi connectivity index (χ0) is 31.1. The number of fused-ring (bicyclic) bond motifs is 1. The van der Waals surface area contributed by atoms with E-state index in [1.807, 2.05) is 17.0 Å². The number of carboxylic acid groups (broad SMARTS) is 1. The maximum atomic E-state index is 13.9. The fourth-order valence-electron chi connectivity index (χ4n) is 6.67. The Morgan fingerprint density at radius 1 is 1.10 bits per heavy atom. The van der Waals surface area contributed by atoms with E-state index in [-0.39, 0.29) is 36.6 Å². The molecule has 42 heavy (non-hydrogen) atoms. The zero-order valence-corrected chi connectivity index (χ0v) is 27.4. The van der Waals surface area contributed by atoms with E-state index in [1.54, 1.807) is 7.11 Å². The predicted octanol–water partition coefficient (Wildman–Crippen LogP) is 5.22. The number of methoxy groups -OCH3 is 1. The number of ether oxygens (including phenoxy) is 3. The Morgan fingerprint density at radius 2 is 1.81 bits per heavy atom. The van der Waals surface area contributed by atoms with Gasteiger partial charge in [-0.15, -0.1) is 0 Å². The smallest absolute Gasteiger partial charge is 0.308 e. The number of benzene rings is 1. The van der Waals surface area contributed by atoms with E-state index in [1.165, 1.54) is 0 Å². The number of amides is 1. The molecule has 0 aliphatic carbocycles. The molecule has 2 aliphatic heterocycles. The molecule has 2 aliphatic rings. The molecule has 9 heteroatoms. The van der Waals surface area contributed by atoms with E-state index in [0.29, 0.717) is 30.2 Å². The van der Waals surface area contributed by atoms with Gasteiger partial charge in [0.1, 0.15) is 0 Å². The third-order valence-corrected chi connectivity index (χ3v) is 8.81. The summed E-state index contributed by atoms with van der Waals surface area (Å²) >= 11 is 0. The molecule has 0 bridgehead atoms. The second-order valence-electron chi connectivity index (χ2n) is 14.0. The van der Waals surface area contributed by atoms with Crippen LogP contribution >= 0.6 is 0 Å². The average molecular weight is 591 g/mol. The minimum Gasteiger partial charge on any atom is -0.493 e. The van der Waals surface area contributed by atoms with Gasteiger partial charge < -0.3 is 28.7 Å². The standard InChI is InChI=1S/C33H55N3O6/c1-9-11-15-34(16-12-13-17-36(5,6)7)29(37)22-35-21-25(24-18-27(40-8)31-28(19-24)41-23-42-31)30(32(38)39)26(35)20-33(3,4)14-10-2/h18-19,25-26,30H,9-17,20-23H2,1-8H3/p+1/t25-,26+,30-/m1/s1. The molecular weight excluding hydrogens is 534 g/mol. The fourth-order valence-corrected chi connectivity index (χ4v) is 6.67. The fraction of sp³-hybridized carbons (Fsp3) is 0.758. The van der Waals surface area contributed by atoms with Crippen molar-refractivity contribution in [3.63, 3.8) is 0 Å². The van der Waals surface area contributed by atoms with Crippen LogP contribution in [-0.2, 0) is 9.59 Å². The number of unbranched alkanes of at least 4 members (excludes halogenated alkanes) is 2. The summed E-state index contributed by atoms with van der Waals surface area (Å²) in [7, 11) is 8.16. The van der Waals surface area contributed by atoms with Gasteiger partial charge in [0.05, 0.1) is 47.3 Å². The van der Waals surface area contributed by atoms with Crippen molar-refractivity contribution in [3.05, 3.63) is 17.7 Å². The lowest BCUT2D eigenvalue weighted by Gasteiger charge is -2.35. The highest BCUT2D eigenvalue weighted by Crippen LogP contribution is 2.48. The lowest BCUT2D eigenvalue weighted by atomic mass is 9.76. The van der Waals surface area contributed by atoms with E-state index in [2.05, 4.69) is 53.7 Å². The van der Waals surface area contributed by atoms with Gasteiger partial charge in [-0.1, -0.05) is 40.5 Å². The molecule has 3 rings (SSSR count). The van der Waals surface area contributed by atoms with Gasteiger partial charge >= 0.3 is 5.97 Å². The summed E-state index contributed by atoms with van der Waals surface area (Å²) in [5.74, 6) is -0.0308. The summed E-state index contributed by atoms with van der Waals surface area (Å²) in [4.78, 5) is 31.0. The molecule has 1 amide bonds. The number of rotatable bonds is 17. The average Bonchev–Trinajstić information content (AvgIpc) is 3.51. The van der Waals surface area contributed by atoms with Crippen LogP contribution in [0, 0.1) is 11.3 Å². The maximum Gasteiger partial charge on any atom is 0.308 e. The summed E-state index contributed by atoms with van der Waals surface area (Å²) in [5.41, 5.74) is 0.795. The van der Waals surface area contributed by atoms with Crippen LogP contribution in [0.1, 0.15) is 84.1 Å². The molecule has 3 atom stereocenters. The molecule has 238 valence electrons. The van der Waals surface area contributed by atoms with Crippen molar-refractivity contribution < 1.29 is 33.4 Å². The van der Waals surface area contributed by atoms with Crippen LogP contribution in [0.25, 0.3) is 0 Å². The third-order valence-electron chi connectivity index (χ3n) is 8.81. The normalized spacial score (nSPS) is 20.6. The van der Waals surface area contributed by atoms with Gasteiger partial charge in [-0.25, -0.2) is 0 Å². The van der Waals surface area contributed by atoms with Crippen molar-refractivity contribution >= 4 is 11.9 Å². The van der Waals surface area contributed by atoms with Crippen LogP contribution in [0.4, 0.5) is 0 Å². The number of carbonyl (C=O) groups is 2. The van der Waals surface area contributed by atoms with Crippen LogP contribution < -0.4 is 14.2 Å². The number of hydrogen-bond donors (Lipinski definition) is 1. The highest BCUT2D eigenvalue weighted by Gasteiger charge is 2.49. The summed E-state index contributed by atoms with van der Waals surface area (Å²) in [5, 5.41) is 10.6. The molecule has 1 saturated heterocycles. The van der Waals surface area contributed by atoms with Gasteiger partial charge in [-0.2, -0.15) is 0 Å². The van der Waals surface area contributed by atoms with Gasteiger partial charge in [0.2, 0.25) is 18.4 Å². The quantitative estimate of drug-likeness (QED) is 0.197. The Morgan fingerprint density at radius 3 is 2.43 bits per heavy atom. The van der Waals surface area contributed by atoms with Crippen molar-refractivity contribution in [3.8, 4) is 17.2 Å². The van der Waals surface area contributed by atoms with Gasteiger partial charge in [-0.05, 0) is 55.2 Å². The van der Waals surface area contributed by atoms with Crippen LogP contribution in [-0.4, -0.2) is 105 Å². The van der Waals surface area contributed by atoms with Gasteiger partial charge in [0.25, 0.3) is 0 Å². The SMILES string of the molecule is CCCCN(CCCC[N+](C)(C)C)C(=O)CN1C[C@H](c2cc(OC)c3c(c2)OCO3)[C@@H](C(=O)O)[C@@H]1CC(C)(C)CCC. The third kappa shape index (κ3) is 8.99. The van der Waals surface area contributed by atoms with Crippen LogP contribution in [0.5, 0.6) is 17.2 Å². The lowest BCUT2D eigenvalue weighted by Crippen LogP contribution is -2.46. The van der Waals surface area contributed by atoms with Crippen molar-refractivity contribution in [2.45, 2.75) is 84.6 Å². The second-order valence-corrected chi connectivity index (χ2v) is 14.0. The first-order valence-corrected chi connectivity index (χ1v) is 15.8. The first kappa shape index (κ1) is 34.0. The monoisotopic (exact) mass is 590 g/mol. The maximum absolute atomic E-state index is 13.9. The molecular formula is C33H56N3O6+. The Labute approximate surface area is 253 Å². The van der Waals surface area contributed by atoms with Crippen molar-refractivity contribution in [2.75, 3.05) is 67.8 Å². The van der Waals surface area contributed by atoms with Crippen molar-refractivity contribution in [1.82, 2.24) is 9.80 Å². The molecule has 0 aromatic heterocycles. The molecule has 9 nitrogen and oxygen atoms in total. The minimum absolute atomic E-state index is 0.0526. The molecule has 1 aromatic carbocycles. The number of carbonyl (C=O) groups excluding carboxylic acids is 1. The predicted molar refractivity (Wildman–Crippen MR) is 165 cm³/mol. The van der Waals surface area contributed by atoms with Crippen LogP contribution in [0.3, 0.4) is 0 Å². The van der Waals surface area contributed by atoms with E-state index in [4.69, 9.17) is 14.2 Å². The van der Waals surface area contributed by atoms with Crippen molar-refractivity contribution in [2.24, 2.45) is 11.3 Å². The number of likely N-dealkylation sites (tertiary alicyclic amines) is 1. The van der Waals surface area contributed by atoms with E-state index in [0.717, 1.165) is 68.2 Å². The van der Waals surface area contributed by atoms with E-state index < -0.39 is 11.9 Å². The zero-order valence-electron chi connectivity index (χ0n) is 27.4. The summed E-state index contributed by atoms with van der Waals surface area (Å²) in [6.07, 6.45) is 6.75. The number of nitrogens with zero attached hydrogens (tertiary/aromatic N) is 3. The largest absolute Gasteiger partial charge is 0.493 e. The summed E-state index contributed by atoms with van der Waals surface area (Å²) in [6, 6.07) is 3.52. The number of carboxylic acids is 1. The first-order chi connectivity index (χ1) is 19.8. The lowest BCUT2D eigenvalue weighted by molar-refractivity contribution is -0.870.